The standard InChI is InChI=1S/C45H30.C2H6/c1-2-3-4-5-19-33-30-18-10-11-20-31(30)41(27-14-6-7-15-27)45-40-26-38-34-22-12-21-32-28-16-8-9-17-29(28)39(42(32)34)25-37(38)35-23-13-24-36(43(35)40)44(33)45;1-2/h2-14,16-18,20-26H,15,19H2,1H3;1-2H3/b3-2-,5-4-;. The molecule has 0 fully saturated rings. The van der Waals surface area contributed by atoms with Crippen molar-refractivity contribution in [1.82, 2.24) is 0 Å². The van der Waals surface area contributed by atoms with E-state index < -0.39 is 0 Å². The SMILES string of the molecule is C/C=C\C=C/Cc1c2ccccc2c(C2=CC=CC2)c2c3cc4c(cc5c6ccccc6c6cccc4c65)c4cccc(c12)c43.CC. The summed E-state index contributed by atoms with van der Waals surface area (Å²) in [4.78, 5) is 0. The molecule has 0 aromatic heterocycles. The maximum atomic E-state index is 2.54. The molecule has 0 heterocycles. The minimum atomic E-state index is 0.891. The molecule has 0 radical (unpaired) electrons. The fourth-order valence-corrected chi connectivity index (χ4v) is 8.59. The second-order valence-corrected chi connectivity index (χ2v) is 12.6. The van der Waals surface area contributed by atoms with Crippen LogP contribution in [0.25, 0.3) is 91.8 Å². The summed E-state index contributed by atoms with van der Waals surface area (Å²) in [5.41, 5.74) is 4.24. The molecule has 10 rings (SSSR count). The molecule has 0 nitrogen and oxygen atoms in total. The highest BCUT2D eigenvalue weighted by atomic mass is 14.3. The molecule has 9 aromatic rings. The molecule has 0 unspecified atom stereocenters. The van der Waals surface area contributed by atoms with Crippen molar-refractivity contribution in [3.8, 4) is 0 Å². The molecule has 0 atom stereocenters. The van der Waals surface area contributed by atoms with Gasteiger partial charge in [-0.15, -0.1) is 0 Å². The molecule has 9 aromatic carbocycles. The van der Waals surface area contributed by atoms with Crippen LogP contribution in [-0.2, 0) is 6.42 Å². The van der Waals surface area contributed by atoms with E-state index in [0.29, 0.717) is 0 Å². The fraction of sp³-hybridized carbons (Fsp3) is 0.106. The molecule has 0 spiro atoms. The smallest absolute Gasteiger partial charge is 0.00137 e. The number of benzene rings is 7. The zero-order valence-electron chi connectivity index (χ0n) is 27.2. The van der Waals surface area contributed by atoms with Gasteiger partial charge in [-0.05, 0) is 135 Å². The third kappa shape index (κ3) is 3.82. The normalized spacial score (nSPS) is 13.7. The number of rotatable bonds is 4. The van der Waals surface area contributed by atoms with Crippen LogP contribution in [0, 0.1) is 0 Å². The van der Waals surface area contributed by atoms with E-state index in [0.717, 1.165) is 12.8 Å². The lowest BCUT2D eigenvalue weighted by molar-refractivity contribution is 1.33. The lowest BCUT2D eigenvalue weighted by Crippen LogP contribution is -1.93. The number of hydrogen-bond acceptors (Lipinski definition) is 0. The predicted molar refractivity (Wildman–Crippen MR) is 210 cm³/mol. The molecule has 1 aliphatic rings. The molecule has 224 valence electrons. The molecule has 0 amide bonds. The van der Waals surface area contributed by atoms with E-state index in [2.05, 4.69) is 147 Å². The Labute approximate surface area is 275 Å². The molecule has 0 aliphatic heterocycles. The van der Waals surface area contributed by atoms with Gasteiger partial charge in [-0.25, -0.2) is 0 Å². The van der Waals surface area contributed by atoms with E-state index >= 15 is 0 Å². The van der Waals surface area contributed by atoms with Crippen LogP contribution in [0.15, 0.2) is 140 Å². The van der Waals surface area contributed by atoms with Gasteiger partial charge in [0.2, 0.25) is 0 Å². The van der Waals surface area contributed by atoms with Crippen LogP contribution < -0.4 is 0 Å². The second-order valence-electron chi connectivity index (χ2n) is 12.6. The molecule has 0 N–H and O–H groups in total. The minimum Gasteiger partial charge on any atom is -0.0877 e. The summed E-state index contributed by atoms with van der Waals surface area (Å²) < 4.78 is 0. The Balaban J connectivity index is 0.00000149. The fourth-order valence-electron chi connectivity index (χ4n) is 8.59. The Morgan fingerprint density at radius 1 is 0.511 bits per heavy atom. The Morgan fingerprint density at radius 3 is 1.77 bits per heavy atom. The van der Waals surface area contributed by atoms with Crippen molar-refractivity contribution >= 4 is 91.8 Å². The third-order valence-electron chi connectivity index (χ3n) is 10.3. The van der Waals surface area contributed by atoms with Gasteiger partial charge in [-0.3, -0.25) is 0 Å². The summed E-state index contributed by atoms with van der Waals surface area (Å²) in [6.07, 6.45) is 17.5. The van der Waals surface area contributed by atoms with Gasteiger partial charge in [-0.1, -0.05) is 141 Å². The van der Waals surface area contributed by atoms with E-state index in [4.69, 9.17) is 0 Å². The van der Waals surface area contributed by atoms with Crippen LogP contribution in [0.3, 0.4) is 0 Å². The Morgan fingerprint density at radius 2 is 1.09 bits per heavy atom. The van der Waals surface area contributed by atoms with Crippen molar-refractivity contribution in [1.29, 1.82) is 0 Å². The van der Waals surface area contributed by atoms with E-state index in [1.54, 1.807) is 0 Å². The summed E-state index contributed by atoms with van der Waals surface area (Å²) >= 11 is 0. The largest absolute Gasteiger partial charge is 0.0877 e. The minimum absolute atomic E-state index is 0.891. The third-order valence-corrected chi connectivity index (χ3v) is 10.3. The van der Waals surface area contributed by atoms with Gasteiger partial charge in [0.1, 0.15) is 0 Å². The Bertz CT molecular complexity index is 2800. The van der Waals surface area contributed by atoms with Crippen LogP contribution in [0.2, 0.25) is 0 Å². The van der Waals surface area contributed by atoms with E-state index in [9.17, 15) is 0 Å². The lowest BCUT2D eigenvalue weighted by Gasteiger charge is -2.16. The second kappa shape index (κ2) is 10.8. The van der Waals surface area contributed by atoms with E-state index in [1.165, 1.54) is 103 Å². The lowest BCUT2D eigenvalue weighted by atomic mass is 9.87. The highest BCUT2D eigenvalue weighted by molar-refractivity contribution is 6.42. The van der Waals surface area contributed by atoms with Gasteiger partial charge in [0.25, 0.3) is 0 Å². The predicted octanol–water partition coefficient (Wildman–Crippen LogP) is 13.8. The van der Waals surface area contributed by atoms with E-state index in [-0.39, 0.29) is 0 Å². The molecule has 0 heteroatoms. The Kier molecular flexibility index (Phi) is 6.40. The van der Waals surface area contributed by atoms with Crippen LogP contribution in [0.4, 0.5) is 0 Å². The van der Waals surface area contributed by atoms with Crippen LogP contribution >= 0.6 is 0 Å². The molecule has 47 heavy (non-hydrogen) atoms. The monoisotopic (exact) mass is 600 g/mol. The van der Waals surface area contributed by atoms with Gasteiger partial charge < -0.3 is 0 Å². The quantitative estimate of drug-likeness (QED) is 0.139. The van der Waals surface area contributed by atoms with Crippen molar-refractivity contribution < 1.29 is 0 Å². The zero-order valence-corrected chi connectivity index (χ0v) is 27.2. The van der Waals surface area contributed by atoms with Crippen molar-refractivity contribution in [3.05, 3.63) is 151 Å². The molecule has 0 saturated carbocycles. The molecule has 0 saturated heterocycles. The van der Waals surface area contributed by atoms with Crippen molar-refractivity contribution in [2.45, 2.75) is 33.6 Å². The van der Waals surface area contributed by atoms with Gasteiger partial charge in [-0.2, -0.15) is 0 Å². The maximum absolute atomic E-state index is 2.54. The van der Waals surface area contributed by atoms with Crippen molar-refractivity contribution in [2.75, 3.05) is 0 Å². The zero-order chi connectivity index (χ0) is 31.6. The number of hydrogen-bond donors (Lipinski definition) is 0. The van der Waals surface area contributed by atoms with Crippen LogP contribution in [0.5, 0.6) is 0 Å². The summed E-state index contributed by atoms with van der Waals surface area (Å²) in [6, 6.07) is 37.0. The first kappa shape index (κ1) is 27.8. The maximum Gasteiger partial charge on any atom is -0.00137 e. The average molecular weight is 601 g/mol. The first-order valence-corrected chi connectivity index (χ1v) is 17.1. The first-order chi connectivity index (χ1) is 23.3. The van der Waals surface area contributed by atoms with Crippen molar-refractivity contribution in [3.63, 3.8) is 0 Å². The summed E-state index contributed by atoms with van der Waals surface area (Å²) in [6.45, 7) is 6.08. The van der Waals surface area contributed by atoms with Gasteiger partial charge in [0.15, 0.2) is 0 Å². The van der Waals surface area contributed by atoms with E-state index in [1.807, 2.05) is 13.8 Å². The van der Waals surface area contributed by atoms with Crippen LogP contribution in [0.1, 0.15) is 38.3 Å². The van der Waals surface area contributed by atoms with Gasteiger partial charge in [0, 0.05) is 0 Å². The van der Waals surface area contributed by atoms with Gasteiger partial charge in [0.05, 0.1) is 0 Å². The number of allylic oxidation sites excluding steroid dienone is 8. The van der Waals surface area contributed by atoms with Crippen molar-refractivity contribution in [2.24, 2.45) is 0 Å². The number of fused-ring (bicyclic) bond motifs is 10. The molecular weight excluding hydrogens is 565 g/mol. The highest BCUT2D eigenvalue weighted by Gasteiger charge is 2.25. The molecule has 0 bridgehead atoms. The van der Waals surface area contributed by atoms with Gasteiger partial charge >= 0.3 is 0 Å². The molecular formula is C47H36. The summed E-state index contributed by atoms with van der Waals surface area (Å²) in [5.74, 6) is 0. The van der Waals surface area contributed by atoms with Crippen LogP contribution in [-0.4, -0.2) is 0 Å². The molecule has 1 aliphatic carbocycles. The topological polar surface area (TPSA) is 0 Å². The highest BCUT2D eigenvalue weighted by Crippen LogP contribution is 2.51. The average Bonchev–Trinajstić information content (AvgIpc) is 3.86. The summed E-state index contributed by atoms with van der Waals surface area (Å²) in [5, 5.41) is 21.9. The first-order valence-electron chi connectivity index (χ1n) is 17.1. The summed E-state index contributed by atoms with van der Waals surface area (Å²) in [7, 11) is 0. The Hall–Kier alpha value is -5.46.